The molecule has 0 radical (unpaired) electrons. The van der Waals surface area contributed by atoms with E-state index < -0.39 is 0 Å². The van der Waals surface area contributed by atoms with E-state index in [0.29, 0.717) is 6.41 Å². The quantitative estimate of drug-likeness (QED) is 0.263. The van der Waals surface area contributed by atoms with E-state index in [2.05, 4.69) is 91.9 Å². The van der Waals surface area contributed by atoms with Crippen LogP contribution >= 0.6 is 0 Å². The van der Waals surface area contributed by atoms with Crippen molar-refractivity contribution in [3.05, 3.63) is 84.1 Å². The van der Waals surface area contributed by atoms with Gasteiger partial charge < -0.3 is 20.7 Å². The van der Waals surface area contributed by atoms with Crippen LogP contribution in [0.25, 0.3) is 16.5 Å². The summed E-state index contributed by atoms with van der Waals surface area (Å²) in [6.07, 6.45) is 9.98. The topological polar surface area (TPSA) is 62.4 Å². The molecule has 1 heterocycles. The monoisotopic (exact) mass is 491 g/mol. The third kappa shape index (κ3) is 8.04. The van der Waals surface area contributed by atoms with Gasteiger partial charge in [-0.3, -0.25) is 4.79 Å². The predicted octanol–water partition coefficient (Wildman–Crippen LogP) is 6.94. The number of carbonyl (C=O) groups is 1. The normalized spacial score (nSPS) is 15.2. The lowest BCUT2D eigenvalue weighted by Gasteiger charge is -2.32. The van der Waals surface area contributed by atoms with E-state index in [9.17, 15) is 4.79 Å². The van der Waals surface area contributed by atoms with Gasteiger partial charge in [-0.25, -0.2) is 0 Å². The first-order chi connectivity index (χ1) is 17.3. The number of allylic oxidation sites excluding steroid dienone is 4. The van der Waals surface area contributed by atoms with Gasteiger partial charge in [-0.1, -0.05) is 83.7 Å². The summed E-state index contributed by atoms with van der Waals surface area (Å²) in [6, 6.07) is 12.8. The zero-order valence-electron chi connectivity index (χ0n) is 23.4. The minimum Gasteiger partial charge on any atom is -0.497 e. The Morgan fingerprint density at radius 3 is 2.31 bits per heavy atom. The van der Waals surface area contributed by atoms with Crippen LogP contribution in [0.2, 0.25) is 0 Å². The number of amides is 1. The van der Waals surface area contributed by atoms with Crippen molar-refractivity contribution in [2.75, 3.05) is 13.7 Å². The molecule has 2 aromatic rings. The molecular formula is C31H45N3O2. The molecule has 0 bridgehead atoms. The number of benzene rings is 2. The van der Waals surface area contributed by atoms with E-state index in [1.54, 1.807) is 7.11 Å². The van der Waals surface area contributed by atoms with E-state index in [4.69, 9.17) is 4.74 Å². The molecule has 0 saturated heterocycles. The Kier molecular flexibility index (Phi) is 13.2. The molecule has 5 nitrogen and oxygen atoms in total. The summed E-state index contributed by atoms with van der Waals surface area (Å²) < 4.78 is 5.36. The maximum Gasteiger partial charge on any atom is 0.207 e. The number of rotatable bonds is 9. The fourth-order valence-corrected chi connectivity index (χ4v) is 3.64. The van der Waals surface area contributed by atoms with Gasteiger partial charge in [0.2, 0.25) is 6.41 Å². The summed E-state index contributed by atoms with van der Waals surface area (Å²) in [5.41, 5.74) is 4.63. The van der Waals surface area contributed by atoms with Crippen molar-refractivity contribution in [2.45, 2.75) is 61.1 Å². The summed E-state index contributed by atoms with van der Waals surface area (Å²) in [5.74, 6) is 0.875. The van der Waals surface area contributed by atoms with Gasteiger partial charge in [-0.2, -0.15) is 0 Å². The van der Waals surface area contributed by atoms with Gasteiger partial charge in [0, 0.05) is 17.5 Å². The highest BCUT2D eigenvalue weighted by molar-refractivity contribution is 5.88. The molecular weight excluding hydrogens is 446 g/mol. The van der Waals surface area contributed by atoms with Crippen LogP contribution in [0.1, 0.15) is 60.5 Å². The van der Waals surface area contributed by atoms with Crippen LogP contribution < -0.4 is 20.7 Å². The van der Waals surface area contributed by atoms with Gasteiger partial charge in [0.15, 0.2) is 0 Å². The minimum absolute atomic E-state index is 0.104. The molecule has 0 spiro atoms. The molecule has 1 atom stereocenters. The average Bonchev–Trinajstić information content (AvgIpc) is 3.36. The number of ether oxygens (including phenoxy) is 1. The molecule has 3 N–H and O–H groups in total. The molecule has 196 valence electrons. The van der Waals surface area contributed by atoms with Crippen molar-refractivity contribution in [1.82, 2.24) is 16.0 Å². The van der Waals surface area contributed by atoms with Gasteiger partial charge in [-0.05, 0) is 54.8 Å². The molecule has 3 rings (SSSR count). The van der Waals surface area contributed by atoms with Gasteiger partial charge >= 0.3 is 0 Å². The average molecular weight is 492 g/mol. The first-order valence-corrected chi connectivity index (χ1v) is 12.8. The summed E-state index contributed by atoms with van der Waals surface area (Å²) in [7, 11) is 1.70. The van der Waals surface area contributed by atoms with Crippen LogP contribution in [0.3, 0.4) is 0 Å². The number of methoxy groups -OCH3 is 1. The summed E-state index contributed by atoms with van der Waals surface area (Å²) in [6.45, 7) is 19.3. The van der Waals surface area contributed by atoms with E-state index in [1.165, 1.54) is 16.3 Å². The highest BCUT2D eigenvalue weighted by atomic mass is 16.5. The number of fused-ring (bicyclic) bond motifs is 1. The van der Waals surface area contributed by atoms with Crippen LogP contribution in [0, 0.1) is 5.41 Å². The standard InChI is InChI=1S/C26H32N2O.C3H7NO.C2H6/c1-7-10-18(11-8-2)23-24(28-25(27-23)26(4,5)9-3)21-13-12-20-17-22(29-6)15-14-19(20)16-21;1-2-4-3-5;1-2/h7-8,10-17,25,27-28H,1,9H2,2-6H3;3H,2H2,1H3,(H,4,5);1-2H3/b11-8-,18-10+;;. The third-order valence-electron chi connectivity index (χ3n) is 6.08. The number of nitrogens with one attached hydrogen (secondary N) is 3. The van der Waals surface area contributed by atoms with E-state index in [-0.39, 0.29) is 11.6 Å². The summed E-state index contributed by atoms with van der Waals surface area (Å²) in [5, 5.41) is 12.3. The molecule has 1 aliphatic heterocycles. The van der Waals surface area contributed by atoms with E-state index in [0.717, 1.165) is 35.7 Å². The molecule has 0 fully saturated rings. The Bertz CT molecular complexity index is 1080. The van der Waals surface area contributed by atoms with Crippen molar-refractivity contribution >= 4 is 22.9 Å². The molecule has 1 aliphatic rings. The lowest BCUT2D eigenvalue weighted by atomic mass is 9.86. The minimum atomic E-state index is 0.104. The SMILES string of the molecule is C=C/C=C(\C=C/C)C1=C(c2ccc3cc(OC)ccc3c2)NC(C(C)(C)CC)N1.CC.CCNC=O. The lowest BCUT2D eigenvalue weighted by Crippen LogP contribution is -2.45. The first kappa shape index (κ1) is 30.6. The zero-order valence-corrected chi connectivity index (χ0v) is 23.4. The van der Waals surface area contributed by atoms with E-state index in [1.807, 2.05) is 39.8 Å². The number of hydrogen-bond donors (Lipinski definition) is 3. The maximum atomic E-state index is 9.29. The second kappa shape index (κ2) is 15.5. The molecule has 0 saturated carbocycles. The number of carbonyl (C=O) groups excluding carboxylic acids is 1. The first-order valence-electron chi connectivity index (χ1n) is 12.8. The largest absolute Gasteiger partial charge is 0.497 e. The van der Waals surface area contributed by atoms with Crippen molar-refractivity contribution in [3.8, 4) is 5.75 Å². The summed E-state index contributed by atoms with van der Waals surface area (Å²) >= 11 is 0. The fraction of sp³-hybridized carbons (Fsp3) is 0.387. The zero-order chi connectivity index (χ0) is 27.1. The Labute approximate surface area is 218 Å². The molecule has 2 aromatic carbocycles. The predicted molar refractivity (Wildman–Crippen MR) is 156 cm³/mol. The molecule has 0 aromatic heterocycles. The molecule has 36 heavy (non-hydrogen) atoms. The highest BCUT2D eigenvalue weighted by Gasteiger charge is 2.35. The Morgan fingerprint density at radius 1 is 1.11 bits per heavy atom. The van der Waals surface area contributed by atoms with Crippen LogP contribution in [-0.2, 0) is 4.79 Å². The van der Waals surface area contributed by atoms with Crippen molar-refractivity contribution in [2.24, 2.45) is 5.41 Å². The molecule has 5 heteroatoms. The smallest absolute Gasteiger partial charge is 0.207 e. The van der Waals surface area contributed by atoms with Crippen molar-refractivity contribution in [1.29, 1.82) is 0 Å². The Hall–Kier alpha value is -3.47. The van der Waals surface area contributed by atoms with Gasteiger partial charge in [0.05, 0.1) is 18.5 Å². The Morgan fingerprint density at radius 2 is 1.78 bits per heavy atom. The lowest BCUT2D eigenvalue weighted by molar-refractivity contribution is -0.109. The van der Waals surface area contributed by atoms with Crippen molar-refractivity contribution in [3.63, 3.8) is 0 Å². The van der Waals surface area contributed by atoms with Crippen LogP contribution in [-0.4, -0.2) is 26.2 Å². The summed E-state index contributed by atoms with van der Waals surface area (Å²) in [4.78, 5) is 9.29. The Balaban J connectivity index is 0.000000826. The maximum absolute atomic E-state index is 9.29. The van der Waals surface area contributed by atoms with Crippen LogP contribution in [0.15, 0.2) is 78.6 Å². The van der Waals surface area contributed by atoms with Gasteiger partial charge in [-0.15, -0.1) is 0 Å². The van der Waals surface area contributed by atoms with Crippen LogP contribution in [0.5, 0.6) is 5.75 Å². The van der Waals surface area contributed by atoms with Gasteiger partial charge in [0.1, 0.15) is 11.9 Å². The van der Waals surface area contributed by atoms with Gasteiger partial charge in [0.25, 0.3) is 0 Å². The second-order valence-electron chi connectivity index (χ2n) is 8.77. The van der Waals surface area contributed by atoms with E-state index >= 15 is 0 Å². The number of hydrogen-bond acceptors (Lipinski definition) is 4. The molecule has 1 amide bonds. The second-order valence-corrected chi connectivity index (χ2v) is 8.77. The molecule has 1 unspecified atom stereocenters. The van der Waals surface area contributed by atoms with Crippen molar-refractivity contribution < 1.29 is 9.53 Å². The fourth-order valence-electron chi connectivity index (χ4n) is 3.64. The molecule has 0 aliphatic carbocycles. The van der Waals surface area contributed by atoms with Crippen LogP contribution in [0.4, 0.5) is 0 Å². The third-order valence-corrected chi connectivity index (χ3v) is 6.08. The highest BCUT2D eigenvalue weighted by Crippen LogP contribution is 2.35.